The average Bonchev–Trinajstić information content (AvgIpc) is 2.66. The summed E-state index contributed by atoms with van der Waals surface area (Å²) in [4.78, 5) is 11.5. The third-order valence-electron chi connectivity index (χ3n) is 1.92. The monoisotopic (exact) mass is 213 g/mol. The molecule has 0 spiro atoms. The molecule has 5 heteroatoms. The zero-order valence-corrected chi connectivity index (χ0v) is 9.07. The number of furan rings is 1. The standard InChI is InChI=1S/C10H15NO4/c1-7-4-5-8(15-7)10(12)11-6-9(13-2)14-3/h4-5,9H,6H2,1-3H3,(H,11,12). The lowest BCUT2D eigenvalue weighted by molar-refractivity contribution is -0.0975. The molecular formula is C10H15NO4. The smallest absolute Gasteiger partial charge is 0.287 e. The predicted molar refractivity (Wildman–Crippen MR) is 53.6 cm³/mol. The van der Waals surface area contributed by atoms with Crippen molar-refractivity contribution in [1.82, 2.24) is 5.32 Å². The van der Waals surface area contributed by atoms with Gasteiger partial charge in [0.15, 0.2) is 12.1 Å². The summed E-state index contributed by atoms with van der Waals surface area (Å²) in [5.41, 5.74) is 0. The number of hydrogen-bond donors (Lipinski definition) is 1. The number of ether oxygens (including phenoxy) is 2. The molecule has 0 saturated heterocycles. The van der Waals surface area contributed by atoms with Crippen LogP contribution in [-0.4, -0.2) is 33.0 Å². The Morgan fingerprint density at radius 3 is 2.60 bits per heavy atom. The topological polar surface area (TPSA) is 60.7 Å². The van der Waals surface area contributed by atoms with Crippen molar-refractivity contribution in [2.45, 2.75) is 13.2 Å². The van der Waals surface area contributed by atoms with Crippen LogP contribution in [-0.2, 0) is 9.47 Å². The number of carbonyl (C=O) groups excluding carboxylic acids is 1. The van der Waals surface area contributed by atoms with Crippen LogP contribution in [0.5, 0.6) is 0 Å². The molecule has 0 fully saturated rings. The molecule has 0 atom stereocenters. The molecular weight excluding hydrogens is 198 g/mol. The van der Waals surface area contributed by atoms with E-state index < -0.39 is 6.29 Å². The van der Waals surface area contributed by atoms with Gasteiger partial charge in [0, 0.05) is 14.2 Å². The molecule has 1 N–H and O–H groups in total. The summed E-state index contributed by atoms with van der Waals surface area (Å²) >= 11 is 0. The summed E-state index contributed by atoms with van der Waals surface area (Å²) in [7, 11) is 3.02. The number of carbonyl (C=O) groups is 1. The number of rotatable bonds is 5. The van der Waals surface area contributed by atoms with Gasteiger partial charge < -0.3 is 19.2 Å². The molecule has 1 aromatic rings. The highest BCUT2D eigenvalue weighted by Crippen LogP contribution is 2.05. The second-order valence-corrected chi connectivity index (χ2v) is 3.02. The lowest BCUT2D eigenvalue weighted by Crippen LogP contribution is -2.33. The van der Waals surface area contributed by atoms with Gasteiger partial charge in [-0.1, -0.05) is 0 Å². The fourth-order valence-corrected chi connectivity index (χ4v) is 1.08. The van der Waals surface area contributed by atoms with Gasteiger partial charge in [-0.15, -0.1) is 0 Å². The van der Waals surface area contributed by atoms with Crippen LogP contribution >= 0.6 is 0 Å². The maximum absolute atomic E-state index is 11.5. The van der Waals surface area contributed by atoms with E-state index in [1.807, 2.05) is 0 Å². The van der Waals surface area contributed by atoms with Gasteiger partial charge >= 0.3 is 0 Å². The molecule has 1 heterocycles. The Balaban J connectivity index is 2.42. The Morgan fingerprint density at radius 1 is 1.47 bits per heavy atom. The number of aryl methyl sites for hydroxylation is 1. The summed E-state index contributed by atoms with van der Waals surface area (Å²) in [6.07, 6.45) is -0.440. The van der Waals surface area contributed by atoms with E-state index in [0.717, 1.165) is 0 Å². The molecule has 0 aromatic carbocycles. The van der Waals surface area contributed by atoms with Gasteiger partial charge in [-0.25, -0.2) is 0 Å². The normalized spacial score (nSPS) is 10.7. The van der Waals surface area contributed by atoms with Crippen LogP contribution in [0.15, 0.2) is 16.5 Å². The Labute approximate surface area is 88.4 Å². The Kier molecular flexibility index (Phi) is 4.33. The van der Waals surface area contributed by atoms with Crippen molar-refractivity contribution in [2.75, 3.05) is 20.8 Å². The highest BCUT2D eigenvalue weighted by Gasteiger charge is 2.12. The lowest BCUT2D eigenvalue weighted by atomic mass is 10.4. The van der Waals surface area contributed by atoms with Gasteiger partial charge in [-0.2, -0.15) is 0 Å². The number of amides is 1. The first-order chi connectivity index (χ1) is 7.17. The first-order valence-corrected chi connectivity index (χ1v) is 4.57. The van der Waals surface area contributed by atoms with Gasteiger partial charge in [0.05, 0.1) is 6.54 Å². The van der Waals surface area contributed by atoms with E-state index >= 15 is 0 Å². The van der Waals surface area contributed by atoms with Crippen LogP contribution in [0, 0.1) is 6.92 Å². The minimum Gasteiger partial charge on any atom is -0.456 e. The molecule has 0 unspecified atom stereocenters. The van der Waals surface area contributed by atoms with Crippen molar-refractivity contribution in [3.05, 3.63) is 23.7 Å². The maximum atomic E-state index is 11.5. The fourth-order valence-electron chi connectivity index (χ4n) is 1.08. The van der Waals surface area contributed by atoms with E-state index in [2.05, 4.69) is 5.32 Å². The summed E-state index contributed by atoms with van der Waals surface area (Å²) in [5.74, 6) is 0.718. The molecule has 5 nitrogen and oxygen atoms in total. The van der Waals surface area contributed by atoms with Crippen molar-refractivity contribution in [3.63, 3.8) is 0 Å². The number of hydrogen-bond acceptors (Lipinski definition) is 4. The van der Waals surface area contributed by atoms with Crippen molar-refractivity contribution < 1.29 is 18.7 Å². The predicted octanol–water partition coefficient (Wildman–Crippen LogP) is 0.937. The third kappa shape index (κ3) is 3.38. The fraction of sp³-hybridized carbons (Fsp3) is 0.500. The maximum Gasteiger partial charge on any atom is 0.287 e. The van der Waals surface area contributed by atoms with Crippen molar-refractivity contribution in [2.24, 2.45) is 0 Å². The van der Waals surface area contributed by atoms with E-state index in [0.29, 0.717) is 11.5 Å². The quantitative estimate of drug-likeness (QED) is 0.739. The molecule has 0 saturated carbocycles. The largest absolute Gasteiger partial charge is 0.456 e. The molecule has 0 aliphatic heterocycles. The van der Waals surface area contributed by atoms with Crippen LogP contribution in [0.3, 0.4) is 0 Å². The van der Waals surface area contributed by atoms with Gasteiger partial charge in [-0.3, -0.25) is 4.79 Å². The molecule has 15 heavy (non-hydrogen) atoms. The Bertz CT molecular complexity index is 317. The minimum absolute atomic E-state index is 0.276. The lowest BCUT2D eigenvalue weighted by Gasteiger charge is -2.13. The molecule has 1 rings (SSSR count). The molecule has 1 amide bonds. The van der Waals surface area contributed by atoms with Crippen LogP contribution in [0.2, 0.25) is 0 Å². The molecule has 0 radical (unpaired) electrons. The zero-order chi connectivity index (χ0) is 11.3. The van der Waals surface area contributed by atoms with Crippen LogP contribution in [0.1, 0.15) is 16.3 Å². The number of methoxy groups -OCH3 is 2. The molecule has 84 valence electrons. The number of nitrogens with one attached hydrogen (secondary N) is 1. The highest BCUT2D eigenvalue weighted by molar-refractivity contribution is 5.91. The Hall–Kier alpha value is -1.33. The van der Waals surface area contributed by atoms with Crippen molar-refractivity contribution in [3.8, 4) is 0 Å². The van der Waals surface area contributed by atoms with Crippen molar-refractivity contribution in [1.29, 1.82) is 0 Å². The van der Waals surface area contributed by atoms with Gasteiger partial charge in [0.1, 0.15) is 5.76 Å². The van der Waals surface area contributed by atoms with Crippen molar-refractivity contribution >= 4 is 5.91 Å². The van der Waals surface area contributed by atoms with E-state index in [-0.39, 0.29) is 12.5 Å². The van der Waals surface area contributed by atoms with E-state index in [1.165, 1.54) is 14.2 Å². The van der Waals surface area contributed by atoms with Crippen LogP contribution in [0.25, 0.3) is 0 Å². The molecule has 0 bridgehead atoms. The molecule has 1 aromatic heterocycles. The summed E-state index contributed by atoms with van der Waals surface area (Å²) in [6.45, 7) is 2.06. The SMILES string of the molecule is COC(CNC(=O)c1ccc(C)o1)OC. The molecule has 0 aliphatic carbocycles. The first-order valence-electron chi connectivity index (χ1n) is 4.57. The second-order valence-electron chi connectivity index (χ2n) is 3.02. The Morgan fingerprint density at radius 2 is 2.13 bits per heavy atom. The van der Waals surface area contributed by atoms with Crippen LogP contribution in [0.4, 0.5) is 0 Å². The van der Waals surface area contributed by atoms with Gasteiger partial charge in [0.25, 0.3) is 5.91 Å². The van der Waals surface area contributed by atoms with Gasteiger partial charge in [-0.05, 0) is 19.1 Å². The zero-order valence-electron chi connectivity index (χ0n) is 9.07. The van der Waals surface area contributed by atoms with Crippen LogP contribution < -0.4 is 5.32 Å². The molecule has 0 aliphatic rings. The van der Waals surface area contributed by atoms with E-state index in [1.54, 1.807) is 19.1 Å². The average molecular weight is 213 g/mol. The van der Waals surface area contributed by atoms with E-state index in [4.69, 9.17) is 13.9 Å². The minimum atomic E-state index is -0.440. The van der Waals surface area contributed by atoms with Gasteiger partial charge in [0.2, 0.25) is 0 Å². The summed E-state index contributed by atoms with van der Waals surface area (Å²) < 4.78 is 15.0. The summed E-state index contributed by atoms with van der Waals surface area (Å²) in [6, 6.07) is 3.36. The third-order valence-corrected chi connectivity index (χ3v) is 1.92. The first kappa shape index (κ1) is 11.7. The highest BCUT2D eigenvalue weighted by atomic mass is 16.7. The summed E-state index contributed by atoms with van der Waals surface area (Å²) in [5, 5.41) is 2.63. The van der Waals surface area contributed by atoms with E-state index in [9.17, 15) is 4.79 Å². The second kappa shape index (κ2) is 5.53.